The molecular formula is C13H16ClNO6S. The Morgan fingerprint density at radius 2 is 2.09 bits per heavy atom. The molecule has 0 aromatic heterocycles. The number of sulfonamides is 1. The van der Waals surface area contributed by atoms with E-state index in [2.05, 4.69) is 0 Å². The van der Waals surface area contributed by atoms with Crippen molar-refractivity contribution in [1.82, 2.24) is 4.31 Å². The first kappa shape index (κ1) is 17.0. The zero-order valence-corrected chi connectivity index (χ0v) is 13.6. The van der Waals surface area contributed by atoms with Crippen LogP contribution in [0.2, 0.25) is 5.02 Å². The molecule has 0 saturated carbocycles. The van der Waals surface area contributed by atoms with Crippen molar-refractivity contribution in [1.29, 1.82) is 0 Å². The molecule has 1 heterocycles. The molecule has 1 aromatic rings. The van der Waals surface area contributed by atoms with Crippen molar-refractivity contribution in [2.45, 2.75) is 16.9 Å². The second kappa shape index (κ2) is 6.04. The molecule has 9 heteroatoms. The highest BCUT2D eigenvalue weighted by Gasteiger charge is 2.49. The minimum Gasteiger partial charge on any atom is -0.497 e. The highest BCUT2D eigenvalue weighted by molar-refractivity contribution is 7.89. The summed E-state index contributed by atoms with van der Waals surface area (Å²) in [6, 6.07) is 4.21. The van der Waals surface area contributed by atoms with E-state index in [9.17, 15) is 18.3 Å². The van der Waals surface area contributed by atoms with Gasteiger partial charge < -0.3 is 14.6 Å². The van der Waals surface area contributed by atoms with Gasteiger partial charge >= 0.3 is 5.97 Å². The van der Waals surface area contributed by atoms with Crippen LogP contribution in [-0.4, -0.2) is 56.7 Å². The van der Waals surface area contributed by atoms with E-state index < -0.39 is 21.6 Å². The Hall–Kier alpha value is -1.35. The molecule has 0 bridgehead atoms. The van der Waals surface area contributed by atoms with Crippen LogP contribution in [0.15, 0.2) is 23.1 Å². The van der Waals surface area contributed by atoms with Crippen LogP contribution in [0.5, 0.6) is 5.75 Å². The summed E-state index contributed by atoms with van der Waals surface area (Å²) in [7, 11) is -1.21. The predicted molar refractivity (Wildman–Crippen MR) is 78.8 cm³/mol. The van der Waals surface area contributed by atoms with Crippen LogP contribution in [-0.2, 0) is 19.6 Å². The lowest BCUT2D eigenvalue weighted by Crippen LogP contribution is -2.44. The molecule has 0 spiro atoms. The summed E-state index contributed by atoms with van der Waals surface area (Å²) < 4.78 is 36.3. The molecule has 22 heavy (non-hydrogen) atoms. The van der Waals surface area contributed by atoms with Gasteiger partial charge in [0.25, 0.3) is 0 Å². The zero-order chi connectivity index (χ0) is 16.5. The molecule has 1 aliphatic rings. The predicted octanol–water partition coefficient (Wildman–Crippen LogP) is 1.21. The van der Waals surface area contributed by atoms with Gasteiger partial charge in [0.15, 0.2) is 5.60 Å². The Balaban J connectivity index is 2.35. The fourth-order valence-electron chi connectivity index (χ4n) is 2.34. The number of carbonyl (C=O) groups is 1. The Morgan fingerprint density at radius 1 is 1.41 bits per heavy atom. The van der Waals surface area contributed by atoms with Crippen LogP contribution in [0.25, 0.3) is 0 Å². The number of hydrogen-bond acceptors (Lipinski definition) is 5. The molecule has 7 nitrogen and oxygen atoms in total. The maximum Gasteiger partial charge on any atom is 0.337 e. The number of aliphatic carboxylic acids is 1. The van der Waals surface area contributed by atoms with Crippen LogP contribution in [0.3, 0.4) is 0 Å². The van der Waals surface area contributed by atoms with Crippen LogP contribution in [0.1, 0.15) is 6.42 Å². The van der Waals surface area contributed by atoms with Gasteiger partial charge in [-0.25, -0.2) is 13.2 Å². The molecule has 122 valence electrons. The summed E-state index contributed by atoms with van der Waals surface area (Å²) >= 11 is 6.01. The van der Waals surface area contributed by atoms with Crippen molar-refractivity contribution in [3.63, 3.8) is 0 Å². The summed E-state index contributed by atoms with van der Waals surface area (Å²) in [6.07, 6.45) is 0.0752. The Labute approximate surface area is 133 Å². The second-order valence-electron chi connectivity index (χ2n) is 4.89. The molecule has 1 aromatic carbocycles. The third kappa shape index (κ3) is 2.79. The second-order valence-corrected chi connectivity index (χ2v) is 7.20. The zero-order valence-electron chi connectivity index (χ0n) is 12.1. The number of rotatable bonds is 5. The molecule has 0 amide bonds. The molecular weight excluding hydrogens is 334 g/mol. The SMILES string of the molecule is COc1ccc(S(=O)(=O)N2CCC(OC)(C(=O)O)C2)c(Cl)c1. The van der Waals surface area contributed by atoms with Gasteiger partial charge in [0.1, 0.15) is 10.6 Å². The average Bonchev–Trinajstić information content (AvgIpc) is 2.93. The normalized spacial score (nSPS) is 22.7. The van der Waals surface area contributed by atoms with Gasteiger partial charge in [-0.2, -0.15) is 4.31 Å². The van der Waals surface area contributed by atoms with E-state index in [0.29, 0.717) is 5.75 Å². The Morgan fingerprint density at radius 3 is 2.55 bits per heavy atom. The van der Waals surface area contributed by atoms with E-state index in [1.165, 1.54) is 32.4 Å². The number of nitrogens with zero attached hydrogens (tertiary/aromatic N) is 1. The van der Waals surface area contributed by atoms with E-state index in [-0.39, 0.29) is 29.4 Å². The van der Waals surface area contributed by atoms with Crippen LogP contribution in [0, 0.1) is 0 Å². The number of halogens is 1. The lowest BCUT2D eigenvalue weighted by molar-refractivity contribution is -0.160. The summed E-state index contributed by atoms with van der Waals surface area (Å²) in [5, 5.41) is 9.27. The smallest absolute Gasteiger partial charge is 0.337 e. The number of hydrogen-bond donors (Lipinski definition) is 1. The first-order chi connectivity index (χ1) is 10.3. The summed E-state index contributed by atoms with van der Waals surface area (Å²) in [6.45, 7) is -0.214. The lowest BCUT2D eigenvalue weighted by atomic mass is 10.0. The van der Waals surface area contributed by atoms with Crippen molar-refractivity contribution in [3.05, 3.63) is 23.2 Å². The highest BCUT2D eigenvalue weighted by atomic mass is 35.5. The van der Waals surface area contributed by atoms with Crippen LogP contribution >= 0.6 is 11.6 Å². The number of benzene rings is 1. The first-order valence-electron chi connectivity index (χ1n) is 6.39. The molecule has 0 radical (unpaired) electrons. The average molecular weight is 350 g/mol. The summed E-state index contributed by atoms with van der Waals surface area (Å²) in [4.78, 5) is 11.2. The monoisotopic (exact) mass is 349 g/mol. The standard InChI is InChI=1S/C13H16ClNO6S/c1-20-9-3-4-11(10(14)7-9)22(18,19)15-6-5-13(8-15,21-2)12(16)17/h3-4,7H,5-6,8H2,1-2H3,(H,16,17). The van der Waals surface area contributed by atoms with Gasteiger partial charge in [-0.15, -0.1) is 0 Å². The fourth-order valence-corrected chi connectivity index (χ4v) is 4.34. The quantitative estimate of drug-likeness (QED) is 0.859. The molecule has 1 atom stereocenters. The maximum atomic E-state index is 12.6. The van der Waals surface area contributed by atoms with E-state index >= 15 is 0 Å². The van der Waals surface area contributed by atoms with E-state index in [1.807, 2.05) is 0 Å². The van der Waals surface area contributed by atoms with Gasteiger partial charge in [-0.3, -0.25) is 0 Å². The minimum absolute atomic E-state index is 0.0181. The Bertz CT molecular complexity index is 692. The summed E-state index contributed by atoms with van der Waals surface area (Å²) in [5.41, 5.74) is -1.52. The van der Waals surface area contributed by atoms with Crippen LogP contribution in [0.4, 0.5) is 0 Å². The number of carboxylic acid groups (broad SMARTS) is 1. The van der Waals surface area contributed by atoms with Gasteiger partial charge in [-0.1, -0.05) is 11.6 Å². The van der Waals surface area contributed by atoms with Crippen LogP contribution < -0.4 is 4.74 Å². The largest absolute Gasteiger partial charge is 0.497 e. The molecule has 0 aliphatic carbocycles. The minimum atomic E-state index is -3.91. The Kier molecular flexibility index (Phi) is 4.67. The topological polar surface area (TPSA) is 93.1 Å². The first-order valence-corrected chi connectivity index (χ1v) is 8.21. The van der Waals surface area contributed by atoms with Gasteiger partial charge in [0.2, 0.25) is 10.0 Å². The highest BCUT2D eigenvalue weighted by Crippen LogP contribution is 2.33. The van der Waals surface area contributed by atoms with E-state index in [1.54, 1.807) is 0 Å². The molecule has 1 saturated heterocycles. The van der Waals surface area contributed by atoms with Gasteiger partial charge in [0, 0.05) is 26.1 Å². The third-order valence-corrected chi connectivity index (χ3v) is 6.06. The van der Waals surface area contributed by atoms with Crippen molar-refractivity contribution >= 4 is 27.6 Å². The number of carboxylic acids is 1. The molecule has 1 aliphatic heterocycles. The third-order valence-electron chi connectivity index (χ3n) is 3.73. The van der Waals surface area contributed by atoms with E-state index in [4.69, 9.17) is 21.1 Å². The lowest BCUT2D eigenvalue weighted by Gasteiger charge is -2.23. The van der Waals surface area contributed by atoms with Crippen molar-refractivity contribution in [3.8, 4) is 5.75 Å². The van der Waals surface area contributed by atoms with Crippen molar-refractivity contribution < 1.29 is 27.8 Å². The van der Waals surface area contributed by atoms with Gasteiger partial charge in [-0.05, 0) is 12.1 Å². The van der Waals surface area contributed by atoms with Crippen molar-refractivity contribution in [2.24, 2.45) is 0 Å². The fraction of sp³-hybridized carbons (Fsp3) is 0.462. The molecule has 1 unspecified atom stereocenters. The molecule has 1 fully saturated rings. The maximum absolute atomic E-state index is 12.6. The van der Waals surface area contributed by atoms with E-state index in [0.717, 1.165) is 4.31 Å². The molecule has 1 N–H and O–H groups in total. The molecule has 2 rings (SSSR count). The van der Waals surface area contributed by atoms with Crippen molar-refractivity contribution in [2.75, 3.05) is 27.3 Å². The number of methoxy groups -OCH3 is 2. The number of ether oxygens (including phenoxy) is 2. The summed E-state index contributed by atoms with van der Waals surface area (Å²) in [5.74, 6) is -0.754. The van der Waals surface area contributed by atoms with Gasteiger partial charge in [0.05, 0.1) is 18.7 Å².